The average Bonchev–Trinajstić information content (AvgIpc) is 3.14. The van der Waals surface area contributed by atoms with Crippen LogP contribution in [0.3, 0.4) is 0 Å². The summed E-state index contributed by atoms with van der Waals surface area (Å²) in [4.78, 5) is 26.5. The molecule has 1 amide bonds. The van der Waals surface area contributed by atoms with Gasteiger partial charge in [-0.05, 0) is 56.4 Å². The van der Waals surface area contributed by atoms with Crippen LogP contribution in [-0.4, -0.2) is 53.6 Å². The minimum absolute atomic E-state index is 0.114. The van der Waals surface area contributed by atoms with Crippen LogP contribution >= 0.6 is 0 Å². The summed E-state index contributed by atoms with van der Waals surface area (Å²) < 4.78 is 5.43. The number of nitrogens with two attached hydrogens (primary N) is 1. The van der Waals surface area contributed by atoms with Crippen molar-refractivity contribution < 1.29 is 9.53 Å². The number of carbonyl (C=O) groups is 1. The highest BCUT2D eigenvalue weighted by Crippen LogP contribution is 2.29. The molecule has 7 heteroatoms. The Morgan fingerprint density at radius 1 is 1.17 bits per heavy atom. The van der Waals surface area contributed by atoms with Gasteiger partial charge in [-0.15, -0.1) is 0 Å². The molecule has 7 nitrogen and oxygen atoms in total. The second kappa shape index (κ2) is 7.63. The van der Waals surface area contributed by atoms with Gasteiger partial charge in [-0.1, -0.05) is 6.07 Å². The SMILES string of the molecule is COc1cc2c(cc1C)CN(C(=O)c1nc(C)c(C)c(N3CC[C@@H](N)C3)n1)CC2. The van der Waals surface area contributed by atoms with Gasteiger partial charge in [0.25, 0.3) is 5.91 Å². The van der Waals surface area contributed by atoms with Crippen molar-refractivity contribution in [1.82, 2.24) is 14.9 Å². The quantitative estimate of drug-likeness (QED) is 0.857. The third-order valence-electron chi connectivity index (χ3n) is 6.10. The van der Waals surface area contributed by atoms with E-state index in [2.05, 4.69) is 27.0 Å². The van der Waals surface area contributed by atoms with Gasteiger partial charge < -0.3 is 20.3 Å². The Balaban J connectivity index is 1.60. The molecule has 2 aliphatic rings. The zero-order valence-corrected chi connectivity index (χ0v) is 17.7. The van der Waals surface area contributed by atoms with Crippen molar-refractivity contribution in [3.05, 3.63) is 45.9 Å². The van der Waals surface area contributed by atoms with Crippen molar-refractivity contribution in [3.63, 3.8) is 0 Å². The highest BCUT2D eigenvalue weighted by molar-refractivity contribution is 5.91. The maximum Gasteiger partial charge on any atom is 0.292 e. The minimum Gasteiger partial charge on any atom is -0.496 e. The zero-order chi connectivity index (χ0) is 20.7. The fourth-order valence-electron chi connectivity index (χ4n) is 4.24. The van der Waals surface area contributed by atoms with Gasteiger partial charge in [0.2, 0.25) is 5.82 Å². The summed E-state index contributed by atoms with van der Waals surface area (Å²) in [7, 11) is 1.69. The molecule has 0 unspecified atom stereocenters. The number of fused-ring (bicyclic) bond motifs is 1. The summed E-state index contributed by atoms with van der Waals surface area (Å²) in [6, 6.07) is 4.36. The number of carbonyl (C=O) groups excluding carboxylic acids is 1. The van der Waals surface area contributed by atoms with Gasteiger partial charge in [0, 0.05) is 43.5 Å². The van der Waals surface area contributed by atoms with Gasteiger partial charge in [-0.25, -0.2) is 9.97 Å². The first-order chi connectivity index (χ1) is 13.9. The number of hydrogen-bond acceptors (Lipinski definition) is 6. The number of aromatic nitrogens is 2. The Hall–Kier alpha value is -2.67. The second-order valence-corrected chi connectivity index (χ2v) is 8.14. The van der Waals surface area contributed by atoms with E-state index in [1.54, 1.807) is 7.11 Å². The van der Waals surface area contributed by atoms with E-state index in [9.17, 15) is 4.79 Å². The average molecular weight is 396 g/mol. The van der Waals surface area contributed by atoms with Gasteiger partial charge in [0.05, 0.1) is 7.11 Å². The second-order valence-electron chi connectivity index (χ2n) is 8.14. The van der Waals surface area contributed by atoms with Crippen molar-refractivity contribution in [1.29, 1.82) is 0 Å². The molecule has 0 spiro atoms. The van der Waals surface area contributed by atoms with Gasteiger partial charge >= 0.3 is 0 Å². The lowest BCUT2D eigenvalue weighted by Crippen LogP contribution is -2.37. The number of amides is 1. The summed E-state index contributed by atoms with van der Waals surface area (Å²) in [5, 5.41) is 0. The third kappa shape index (κ3) is 3.67. The lowest BCUT2D eigenvalue weighted by Gasteiger charge is -2.29. The lowest BCUT2D eigenvalue weighted by molar-refractivity contribution is 0.0722. The molecule has 154 valence electrons. The Morgan fingerprint density at radius 2 is 1.97 bits per heavy atom. The van der Waals surface area contributed by atoms with Crippen molar-refractivity contribution in [2.24, 2.45) is 5.73 Å². The van der Waals surface area contributed by atoms with Gasteiger partial charge in [-0.3, -0.25) is 4.79 Å². The van der Waals surface area contributed by atoms with Crippen LogP contribution in [-0.2, 0) is 13.0 Å². The number of aryl methyl sites for hydroxylation is 2. The number of ether oxygens (including phenoxy) is 1. The first kappa shape index (κ1) is 19.6. The van der Waals surface area contributed by atoms with E-state index in [0.717, 1.165) is 59.9 Å². The molecule has 0 aliphatic carbocycles. The van der Waals surface area contributed by atoms with Gasteiger partial charge in [-0.2, -0.15) is 0 Å². The van der Waals surface area contributed by atoms with Crippen molar-refractivity contribution >= 4 is 11.7 Å². The molecule has 0 bridgehead atoms. The first-order valence-electron chi connectivity index (χ1n) is 10.2. The van der Waals surface area contributed by atoms with E-state index in [1.807, 2.05) is 25.7 Å². The summed E-state index contributed by atoms with van der Waals surface area (Å²) in [6.45, 7) is 8.83. The number of methoxy groups -OCH3 is 1. The molecule has 2 N–H and O–H groups in total. The van der Waals surface area contributed by atoms with E-state index >= 15 is 0 Å². The maximum atomic E-state index is 13.2. The highest BCUT2D eigenvalue weighted by Gasteiger charge is 2.28. The number of nitrogens with zero attached hydrogens (tertiary/aromatic N) is 4. The van der Waals surface area contributed by atoms with Crippen LogP contribution in [0.25, 0.3) is 0 Å². The molecule has 1 aromatic carbocycles. The summed E-state index contributed by atoms with van der Waals surface area (Å²) in [5.74, 6) is 1.90. The smallest absolute Gasteiger partial charge is 0.292 e. The Bertz CT molecular complexity index is 959. The molecule has 1 atom stereocenters. The van der Waals surface area contributed by atoms with E-state index in [1.165, 1.54) is 5.56 Å². The fraction of sp³-hybridized carbons (Fsp3) is 0.500. The third-order valence-corrected chi connectivity index (χ3v) is 6.10. The Morgan fingerprint density at radius 3 is 2.66 bits per heavy atom. The summed E-state index contributed by atoms with van der Waals surface area (Å²) >= 11 is 0. The first-order valence-corrected chi connectivity index (χ1v) is 10.2. The van der Waals surface area contributed by atoms with Gasteiger partial charge in [0.1, 0.15) is 11.6 Å². The number of rotatable bonds is 3. The van der Waals surface area contributed by atoms with Crippen LogP contribution in [0.15, 0.2) is 12.1 Å². The molecule has 2 aliphatic heterocycles. The number of benzene rings is 1. The molecular weight excluding hydrogens is 366 g/mol. The maximum absolute atomic E-state index is 13.2. The topological polar surface area (TPSA) is 84.6 Å². The predicted molar refractivity (Wildman–Crippen MR) is 112 cm³/mol. The fourth-order valence-corrected chi connectivity index (χ4v) is 4.24. The molecule has 3 heterocycles. The molecular formula is C22H29N5O2. The van der Waals surface area contributed by atoms with Crippen LogP contribution < -0.4 is 15.4 Å². The Kier molecular flexibility index (Phi) is 5.17. The number of anilines is 1. The van der Waals surface area contributed by atoms with Crippen molar-refractivity contribution in [2.75, 3.05) is 31.6 Å². The Labute approximate surface area is 171 Å². The largest absolute Gasteiger partial charge is 0.496 e. The molecule has 0 radical (unpaired) electrons. The van der Waals surface area contributed by atoms with E-state index in [-0.39, 0.29) is 17.8 Å². The van der Waals surface area contributed by atoms with Crippen molar-refractivity contribution in [3.8, 4) is 5.75 Å². The molecule has 1 aromatic heterocycles. The summed E-state index contributed by atoms with van der Waals surface area (Å²) in [5.41, 5.74) is 11.4. The number of hydrogen-bond donors (Lipinski definition) is 1. The standard InChI is InChI=1S/C22H29N5O2/c1-13-9-17-11-27(7-5-16(17)10-19(13)29-4)22(28)20-24-15(3)14(2)21(25-20)26-8-6-18(23)12-26/h9-10,18H,5-8,11-12,23H2,1-4H3/t18-/m1/s1. The van der Waals surface area contributed by atoms with E-state index in [0.29, 0.717) is 13.1 Å². The molecule has 1 saturated heterocycles. The van der Waals surface area contributed by atoms with Gasteiger partial charge in [0.15, 0.2) is 0 Å². The van der Waals surface area contributed by atoms with Crippen LogP contribution in [0.5, 0.6) is 5.75 Å². The monoisotopic (exact) mass is 395 g/mol. The minimum atomic E-state index is -0.114. The van der Waals surface area contributed by atoms with Crippen LogP contribution in [0.4, 0.5) is 5.82 Å². The molecule has 1 fully saturated rings. The van der Waals surface area contributed by atoms with E-state index in [4.69, 9.17) is 10.5 Å². The van der Waals surface area contributed by atoms with Crippen LogP contribution in [0.1, 0.15) is 45.0 Å². The molecule has 29 heavy (non-hydrogen) atoms. The normalized spacial score (nSPS) is 18.7. The lowest BCUT2D eigenvalue weighted by atomic mass is 9.97. The molecule has 4 rings (SSSR count). The van der Waals surface area contributed by atoms with E-state index < -0.39 is 0 Å². The highest BCUT2D eigenvalue weighted by atomic mass is 16.5. The van der Waals surface area contributed by atoms with Crippen molar-refractivity contribution in [2.45, 2.75) is 46.2 Å². The van der Waals surface area contributed by atoms with Crippen LogP contribution in [0.2, 0.25) is 0 Å². The molecule has 0 saturated carbocycles. The van der Waals surface area contributed by atoms with Crippen LogP contribution in [0, 0.1) is 20.8 Å². The zero-order valence-electron chi connectivity index (χ0n) is 17.7. The summed E-state index contributed by atoms with van der Waals surface area (Å²) in [6.07, 6.45) is 1.74. The predicted octanol–water partition coefficient (Wildman–Crippen LogP) is 2.15. The molecule has 2 aromatic rings.